The summed E-state index contributed by atoms with van der Waals surface area (Å²) < 4.78 is 26.3. The van der Waals surface area contributed by atoms with Crippen LogP contribution in [-0.4, -0.2) is 33.0 Å². The minimum atomic E-state index is -3.58. The number of nitrogens with two attached hydrogens (primary N) is 1. The monoisotopic (exact) mass is 349 g/mol. The highest BCUT2D eigenvalue weighted by Gasteiger charge is 2.18. The summed E-state index contributed by atoms with van der Waals surface area (Å²) in [6.45, 7) is 7.64. The molecule has 0 saturated heterocycles. The lowest BCUT2D eigenvalue weighted by Crippen LogP contribution is -2.45. The highest BCUT2D eigenvalue weighted by atomic mass is 35.5. The number of benzene rings is 1. The maximum Gasteiger partial charge on any atom is 0.251 e. The summed E-state index contributed by atoms with van der Waals surface area (Å²) in [5.74, 6) is -0.334. The van der Waals surface area contributed by atoms with E-state index in [1.807, 2.05) is 0 Å². The summed E-state index contributed by atoms with van der Waals surface area (Å²) in [7, 11) is -3.58. The second-order valence-corrected chi connectivity index (χ2v) is 7.42. The highest BCUT2D eigenvalue weighted by Crippen LogP contribution is 2.15. The Kier molecular flexibility index (Phi) is 7.50. The second-order valence-electron chi connectivity index (χ2n) is 5.65. The van der Waals surface area contributed by atoms with Crippen molar-refractivity contribution in [1.82, 2.24) is 10.0 Å². The number of hydrogen-bond donors (Lipinski definition) is 3. The van der Waals surface area contributed by atoms with E-state index in [0.717, 1.165) is 0 Å². The Bertz CT molecular complexity index is 625. The number of nitrogens with one attached hydrogen (secondary N) is 2. The number of rotatable bonds is 6. The Hall–Kier alpha value is -1.15. The van der Waals surface area contributed by atoms with E-state index in [-0.39, 0.29) is 23.2 Å². The third-order valence-corrected chi connectivity index (χ3v) is 4.35. The van der Waals surface area contributed by atoms with E-state index in [4.69, 9.17) is 5.73 Å². The van der Waals surface area contributed by atoms with Gasteiger partial charge in [-0.3, -0.25) is 4.79 Å². The minimum Gasteiger partial charge on any atom is -0.350 e. The molecule has 1 aromatic rings. The summed E-state index contributed by atoms with van der Waals surface area (Å²) in [5.41, 5.74) is 6.33. The minimum absolute atomic E-state index is 0. The van der Waals surface area contributed by atoms with Gasteiger partial charge in [-0.15, -0.1) is 12.4 Å². The highest BCUT2D eigenvalue weighted by molar-refractivity contribution is 7.89. The SMILES string of the molecule is CCNS(=O)(=O)c1ccc(C)c(C(=O)NCC(C)(C)N)c1.Cl. The molecule has 0 atom stereocenters. The Morgan fingerprint density at radius 3 is 2.41 bits per heavy atom. The summed E-state index contributed by atoms with van der Waals surface area (Å²) in [5, 5.41) is 2.71. The van der Waals surface area contributed by atoms with Crippen molar-refractivity contribution >= 4 is 28.3 Å². The lowest BCUT2D eigenvalue weighted by molar-refractivity contribution is 0.0945. The van der Waals surface area contributed by atoms with E-state index < -0.39 is 15.6 Å². The van der Waals surface area contributed by atoms with Crippen LogP contribution in [0.25, 0.3) is 0 Å². The quantitative estimate of drug-likeness (QED) is 0.717. The van der Waals surface area contributed by atoms with Gasteiger partial charge in [0.2, 0.25) is 10.0 Å². The molecule has 4 N–H and O–H groups in total. The predicted octanol–water partition coefficient (Wildman–Crippen LogP) is 1.18. The molecule has 8 heteroatoms. The van der Waals surface area contributed by atoms with Crippen LogP contribution >= 0.6 is 12.4 Å². The third kappa shape index (κ3) is 5.92. The number of carbonyl (C=O) groups excluding carboxylic acids is 1. The van der Waals surface area contributed by atoms with Gasteiger partial charge < -0.3 is 11.1 Å². The molecule has 0 aliphatic rings. The Morgan fingerprint density at radius 1 is 1.32 bits per heavy atom. The fourth-order valence-electron chi connectivity index (χ4n) is 1.69. The lowest BCUT2D eigenvalue weighted by Gasteiger charge is -2.19. The Labute approximate surface area is 138 Å². The molecule has 0 bridgehead atoms. The van der Waals surface area contributed by atoms with Crippen LogP contribution in [0.15, 0.2) is 23.1 Å². The van der Waals surface area contributed by atoms with Crippen LogP contribution in [0.2, 0.25) is 0 Å². The zero-order valence-corrected chi connectivity index (χ0v) is 14.9. The van der Waals surface area contributed by atoms with Gasteiger partial charge >= 0.3 is 0 Å². The Balaban J connectivity index is 0.00000441. The average molecular weight is 350 g/mol. The average Bonchev–Trinajstić information content (AvgIpc) is 2.35. The first-order valence-corrected chi connectivity index (χ1v) is 8.22. The van der Waals surface area contributed by atoms with Gasteiger partial charge in [0.1, 0.15) is 0 Å². The molecule has 0 radical (unpaired) electrons. The van der Waals surface area contributed by atoms with Crippen LogP contribution in [0.4, 0.5) is 0 Å². The summed E-state index contributed by atoms with van der Waals surface area (Å²) >= 11 is 0. The molecule has 1 amide bonds. The van der Waals surface area contributed by atoms with Gasteiger partial charge in [0.15, 0.2) is 0 Å². The number of hydrogen-bond acceptors (Lipinski definition) is 4. The standard InChI is InChI=1S/C14H23N3O3S.ClH/c1-5-17-21(19,20)11-7-6-10(2)12(8-11)13(18)16-9-14(3,4)15;/h6-8,17H,5,9,15H2,1-4H3,(H,16,18);1H. The van der Waals surface area contributed by atoms with Crippen molar-refractivity contribution < 1.29 is 13.2 Å². The van der Waals surface area contributed by atoms with Crippen LogP contribution < -0.4 is 15.8 Å². The molecule has 126 valence electrons. The molecule has 1 aromatic carbocycles. The predicted molar refractivity (Wildman–Crippen MR) is 89.9 cm³/mol. The van der Waals surface area contributed by atoms with Crippen molar-refractivity contribution in [2.24, 2.45) is 5.73 Å². The van der Waals surface area contributed by atoms with Gasteiger partial charge in [-0.1, -0.05) is 13.0 Å². The zero-order chi connectivity index (χ0) is 16.3. The van der Waals surface area contributed by atoms with Crippen molar-refractivity contribution in [3.05, 3.63) is 29.3 Å². The molecule has 6 nitrogen and oxygen atoms in total. The van der Waals surface area contributed by atoms with Gasteiger partial charge in [-0.2, -0.15) is 0 Å². The second kappa shape index (κ2) is 7.92. The van der Waals surface area contributed by atoms with Crippen molar-refractivity contribution in [1.29, 1.82) is 0 Å². The van der Waals surface area contributed by atoms with Crippen LogP contribution in [-0.2, 0) is 10.0 Å². The largest absolute Gasteiger partial charge is 0.350 e. The van der Waals surface area contributed by atoms with E-state index >= 15 is 0 Å². The molecule has 0 heterocycles. The molecule has 0 saturated carbocycles. The fraction of sp³-hybridized carbons (Fsp3) is 0.500. The van der Waals surface area contributed by atoms with E-state index in [9.17, 15) is 13.2 Å². The molecule has 0 aliphatic heterocycles. The number of halogens is 1. The molecule has 0 spiro atoms. The van der Waals surface area contributed by atoms with Crippen LogP contribution in [0.3, 0.4) is 0 Å². The molecule has 0 aromatic heterocycles. The summed E-state index contributed by atoms with van der Waals surface area (Å²) in [4.78, 5) is 12.2. The smallest absolute Gasteiger partial charge is 0.251 e. The van der Waals surface area contributed by atoms with Gasteiger partial charge in [0.05, 0.1) is 4.90 Å². The van der Waals surface area contributed by atoms with Gasteiger partial charge in [-0.25, -0.2) is 13.1 Å². The first-order valence-electron chi connectivity index (χ1n) is 6.74. The number of amides is 1. The van der Waals surface area contributed by atoms with E-state index in [1.165, 1.54) is 12.1 Å². The molecule has 0 fully saturated rings. The van der Waals surface area contributed by atoms with Crippen molar-refractivity contribution in [3.8, 4) is 0 Å². The van der Waals surface area contributed by atoms with Crippen LogP contribution in [0.1, 0.15) is 36.7 Å². The lowest BCUT2D eigenvalue weighted by atomic mass is 10.1. The molecular formula is C14H24ClN3O3S. The first-order chi connectivity index (χ1) is 9.57. The van der Waals surface area contributed by atoms with E-state index in [2.05, 4.69) is 10.0 Å². The van der Waals surface area contributed by atoms with Crippen molar-refractivity contribution in [2.75, 3.05) is 13.1 Å². The van der Waals surface area contributed by atoms with E-state index in [1.54, 1.807) is 33.8 Å². The number of carbonyl (C=O) groups is 1. The summed E-state index contributed by atoms with van der Waals surface area (Å²) in [6.07, 6.45) is 0. The third-order valence-electron chi connectivity index (χ3n) is 2.80. The zero-order valence-electron chi connectivity index (χ0n) is 13.3. The molecule has 0 aliphatic carbocycles. The fourth-order valence-corrected chi connectivity index (χ4v) is 2.76. The molecule has 22 heavy (non-hydrogen) atoms. The number of sulfonamides is 1. The normalized spacial score (nSPS) is 11.7. The first kappa shape index (κ1) is 20.9. The van der Waals surface area contributed by atoms with Crippen molar-refractivity contribution in [3.63, 3.8) is 0 Å². The van der Waals surface area contributed by atoms with Crippen molar-refractivity contribution in [2.45, 2.75) is 38.1 Å². The van der Waals surface area contributed by atoms with Crippen LogP contribution in [0.5, 0.6) is 0 Å². The van der Waals surface area contributed by atoms with E-state index in [0.29, 0.717) is 24.2 Å². The molecular weight excluding hydrogens is 326 g/mol. The van der Waals surface area contributed by atoms with Gasteiger partial charge in [-0.05, 0) is 38.5 Å². The van der Waals surface area contributed by atoms with Crippen LogP contribution in [0, 0.1) is 6.92 Å². The topological polar surface area (TPSA) is 101 Å². The maximum absolute atomic E-state index is 12.2. The van der Waals surface area contributed by atoms with Gasteiger partial charge in [0, 0.05) is 24.2 Å². The Morgan fingerprint density at radius 2 is 1.91 bits per heavy atom. The van der Waals surface area contributed by atoms with Gasteiger partial charge in [0.25, 0.3) is 5.91 Å². The molecule has 0 unspecified atom stereocenters. The summed E-state index contributed by atoms with van der Waals surface area (Å²) in [6, 6.07) is 4.48. The maximum atomic E-state index is 12.2. The molecule has 1 rings (SSSR count). The number of aryl methyl sites for hydroxylation is 1.